The highest BCUT2D eigenvalue weighted by molar-refractivity contribution is 6.22. The number of carbonyl (C=O) groups is 4. The third-order valence-corrected chi connectivity index (χ3v) is 6.15. The van der Waals surface area contributed by atoms with Crippen LogP contribution in [0.3, 0.4) is 0 Å². The molecule has 5 rings (SSSR count). The van der Waals surface area contributed by atoms with Crippen LogP contribution < -0.4 is 5.32 Å². The summed E-state index contributed by atoms with van der Waals surface area (Å²) in [4.78, 5) is 54.7. The number of ether oxygens (including phenoxy) is 1. The minimum atomic E-state index is -1.26. The molecule has 1 N–H and O–H groups in total. The molecule has 2 aliphatic rings. The van der Waals surface area contributed by atoms with Gasteiger partial charge in [-0.3, -0.25) is 24.2 Å². The average molecular weight is 492 g/mol. The van der Waals surface area contributed by atoms with Crippen molar-refractivity contribution in [3.8, 4) is 6.07 Å². The second-order valence-corrected chi connectivity index (χ2v) is 8.39. The molecule has 0 saturated heterocycles. The molecule has 9 nitrogen and oxygen atoms in total. The van der Waals surface area contributed by atoms with Gasteiger partial charge in [-0.05, 0) is 29.8 Å². The maximum absolute atomic E-state index is 13.4. The van der Waals surface area contributed by atoms with Gasteiger partial charge < -0.3 is 10.1 Å². The SMILES string of the molecule is N#CCN1C(=O)c2ccccc2N/C1=C\OC(=O)C(Cc1ccccc1)N1C(=O)c2ccccc2C1=O. The van der Waals surface area contributed by atoms with E-state index in [1.807, 2.05) is 12.1 Å². The van der Waals surface area contributed by atoms with Crippen molar-refractivity contribution < 1.29 is 23.9 Å². The highest BCUT2D eigenvalue weighted by Gasteiger charge is 2.43. The number of benzene rings is 3. The number of hydrogen-bond donors (Lipinski definition) is 1. The molecule has 3 amide bonds. The lowest BCUT2D eigenvalue weighted by Gasteiger charge is -2.30. The summed E-state index contributed by atoms with van der Waals surface area (Å²) in [6, 6.07) is 22.7. The van der Waals surface area contributed by atoms with Crippen LogP contribution in [0, 0.1) is 11.3 Å². The second-order valence-electron chi connectivity index (χ2n) is 8.39. The number of imide groups is 1. The zero-order chi connectivity index (χ0) is 25.9. The number of carbonyl (C=O) groups excluding carboxylic acids is 4. The van der Waals surface area contributed by atoms with E-state index in [2.05, 4.69) is 5.32 Å². The number of nitrogens with zero attached hydrogens (tertiary/aromatic N) is 3. The lowest BCUT2D eigenvalue weighted by atomic mass is 10.0. The zero-order valence-electron chi connectivity index (χ0n) is 19.5. The Kier molecular flexibility index (Phi) is 6.22. The van der Waals surface area contributed by atoms with E-state index in [4.69, 9.17) is 4.74 Å². The van der Waals surface area contributed by atoms with Crippen LogP contribution in [0.1, 0.15) is 36.6 Å². The number of esters is 1. The number of rotatable bonds is 6. The van der Waals surface area contributed by atoms with Crippen LogP contribution in [-0.2, 0) is 16.0 Å². The lowest BCUT2D eigenvalue weighted by Crippen LogP contribution is -2.47. The quantitative estimate of drug-likeness (QED) is 0.243. The van der Waals surface area contributed by atoms with Crippen LogP contribution in [-0.4, -0.2) is 46.1 Å². The Bertz CT molecular complexity index is 1460. The average Bonchev–Trinajstić information content (AvgIpc) is 3.18. The molecule has 0 bridgehead atoms. The van der Waals surface area contributed by atoms with Gasteiger partial charge in [0.1, 0.15) is 18.8 Å². The predicted molar refractivity (Wildman–Crippen MR) is 132 cm³/mol. The minimum absolute atomic E-state index is 0.0332. The van der Waals surface area contributed by atoms with Crippen LogP contribution in [0.25, 0.3) is 0 Å². The summed E-state index contributed by atoms with van der Waals surface area (Å²) in [6.45, 7) is -0.282. The Morgan fingerprint density at radius 3 is 2.11 bits per heavy atom. The minimum Gasteiger partial charge on any atom is -0.429 e. The van der Waals surface area contributed by atoms with E-state index in [9.17, 15) is 24.4 Å². The summed E-state index contributed by atoms with van der Waals surface area (Å²) >= 11 is 0. The fraction of sp³-hybridized carbons (Fsp3) is 0.107. The first-order valence-electron chi connectivity index (χ1n) is 11.5. The Morgan fingerprint density at radius 2 is 1.46 bits per heavy atom. The fourth-order valence-corrected chi connectivity index (χ4v) is 4.36. The second kappa shape index (κ2) is 9.79. The Labute approximate surface area is 212 Å². The third-order valence-electron chi connectivity index (χ3n) is 6.15. The number of nitrogens with one attached hydrogen (secondary N) is 1. The van der Waals surface area contributed by atoms with Crippen LogP contribution in [0.2, 0.25) is 0 Å². The van der Waals surface area contributed by atoms with E-state index in [0.29, 0.717) is 11.3 Å². The van der Waals surface area contributed by atoms with Crippen molar-refractivity contribution >= 4 is 29.4 Å². The first-order chi connectivity index (χ1) is 18.0. The molecular formula is C28H20N4O5. The number of amides is 3. The maximum Gasteiger partial charge on any atom is 0.334 e. The summed E-state index contributed by atoms with van der Waals surface area (Å²) in [5, 5.41) is 12.2. The molecule has 0 spiro atoms. The van der Waals surface area contributed by atoms with Gasteiger partial charge in [0.05, 0.1) is 28.4 Å². The molecule has 3 aromatic carbocycles. The van der Waals surface area contributed by atoms with Gasteiger partial charge in [-0.25, -0.2) is 4.79 Å². The molecule has 1 unspecified atom stereocenters. The van der Waals surface area contributed by atoms with Gasteiger partial charge >= 0.3 is 5.97 Å². The molecule has 0 fully saturated rings. The van der Waals surface area contributed by atoms with Gasteiger partial charge in [0.25, 0.3) is 17.7 Å². The number of nitriles is 1. The van der Waals surface area contributed by atoms with Gasteiger partial charge in [-0.15, -0.1) is 0 Å². The number of para-hydroxylation sites is 1. The topological polar surface area (TPSA) is 120 Å². The van der Waals surface area contributed by atoms with Crippen LogP contribution in [0.15, 0.2) is 90.9 Å². The highest BCUT2D eigenvalue weighted by atomic mass is 16.5. The summed E-state index contributed by atoms with van der Waals surface area (Å²) in [5.41, 5.74) is 2.01. The van der Waals surface area contributed by atoms with Crippen molar-refractivity contribution in [1.29, 1.82) is 5.26 Å². The van der Waals surface area contributed by atoms with Crippen molar-refractivity contribution in [3.05, 3.63) is 113 Å². The Morgan fingerprint density at radius 1 is 0.865 bits per heavy atom. The molecule has 0 saturated carbocycles. The molecule has 2 aliphatic heterocycles. The van der Waals surface area contributed by atoms with Crippen molar-refractivity contribution in [2.24, 2.45) is 0 Å². The van der Waals surface area contributed by atoms with Gasteiger partial charge in [-0.1, -0.05) is 54.6 Å². The van der Waals surface area contributed by atoms with E-state index in [1.54, 1.807) is 60.7 Å². The van der Waals surface area contributed by atoms with Crippen LogP contribution >= 0.6 is 0 Å². The monoisotopic (exact) mass is 492 g/mol. The Balaban J connectivity index is 1.46. The number of anilines is 1. The molecule has 182 valence electrons. The van der Waals surface area contributed by atoms with Crippen LogP contribution in [0.5, 0.6) is 0 Å². The van der Waals surface area contributed by atoms with E-state index in [-0.39, 0.29) is 29.9 Å². The van der Waals surface area contributed by atoms with E-state index in [1.165, 1.54) is 12.1 Å². The van der Waals surface area contributed by atoms with Gasteiger partial charge in [-0.2, -0.15) is 5.26 Å². The van der Waals surface area contributed by atoms with Crippen molar-refractivity contribution in [3.63, 3.8) is 0 Å². The first-order valence-corrected chi connectivity index (χ1v) is 11.5. The molecule has 2 heterocycles. The molecule has 0 aliphatic carbocycles. The molecule has 9 heteroatoms. The number of fused-ring (bicyclic) bond motifs is 2. The fourth-order valence-electron chi connectivity index (χ4n) is 4.36. The van der Waals surface area contributed by atoms with E-state index in [0.717, 1.165) is 21.6 Å². The summed E-state index contributed by atoms with van der Waals surface area (Å²) in [5.74, 6) is -2.39. The Hall–Kier alpha value is -5.23. The molecular weight excluding hydrogens is 472 g/mol. The van der Waals surface area contributed by atoms with Crippen molar-refractivity contribution in [1.82, 2.24) is 9.80 Å². The molecule has 37 heavy (non-hydrogen) atoms. The molecule has 0 aromatic heterocycles. The van der Waals surface area contributed by atoms with Crippen LogP contribution in [0.4, 0.5) is 5.69 Å². The van der Waals surface area contributed by atoms with Crippen molar-refractivity contribution in [2.45, 2.75) is 12.5 Å². The van der Waals surface area contributed by atoms with Gasteiger partial charge in [0, 0.05) is 6.42 Å². The normalized spacial score (nSPS) is 16.1. The third kappa shape index (κ3) is 4.32. The van der Waals surface area contributed by atoms with Gasteiger partial charge in [0.2, 0.25) is 0 Å². The summed E-state index contributed by atoms with van der Waals surface area (Å²) in [7, 11) is 0. The molecule has 0 radical (unpaired) electrons. The largest absolute Gasteiger partial charge is 0.429 e. The first kappa shape index (κ1) is 23.5. The predicted octanol–water partition coefficient (Wildman–Crippen LogP) is 3.33. The zero-order valence-corrected chi connectivity index (χ0v) is 19.5. The van der Waals surface area contributed by atoms with Crippen molar-refractivity contribution in [2.75, 3.05) is 11.9 Å². The van der Waals surface area contributed by atoms with Gasteiger partial charge in [0.15, 0.2) is 5.82 Å². The summed E-state index contributed by atoms with van der Waals surface area (Å²) < 4.78 is 5.45. The van der Waals surface area contributed by atoms with E-state index < -0.39 is 29.7 Å². The smallest absolute Gasteiger partial charge is 0.334 e. The number of hydrogen-bond acceptors (Lipinski definition) is 7. The summed E-state index contributed by atoms with van der Waals surface area (Å²) in [6.07, 6.45) is 1.06. The standard InChI is InChI=1S/C28H20N4O5/c29-14-15-31-24(30-22-13-7-6-12-21(22)25(31)33)17-37-28(36)23(16-18-8-2-1-3-9-18)32-26(34)19-10-4-5-11-20(19)27(32)35/h1-13,17,23,30H,15-16H2/b24-17+. The maximum atomic E-state index is 13.4. The van der Waals surface area contributed by atoms with E-state index >= 15 is 0 Å². The molecule has 3 aromatic rings. The highest BCUT2D eigenvalue weighted by Crippen LogP contribution is 2.28. The molecule has 1 atom stereocenters. The lowest BCUT2D eigenvalue weighted by molar-refractivity contribution is -0.142.